The summed E-state index contributed by atoms with van der Waals surface area (Å²) < 4.78 is 48.4. The summed E-state index contributed by atoms with van der Waals surface area (Å²) >= 11 is 0. The molecule has 1 N–H and O–H groups in total. The number of rotatable bonds is 9. The van der Waals surface area contributed by atoms with Crippen molar-refractivity contribution in [3.8, 4) is 5.75 Å². The highest BCUT2D eigenvalue weighted by molar-refractivity contribution is 7.87. The Balaban J connectivity index is 1.75. The third kappa shape index (κ3) is 6.77. The third-order valence-electron chi connectivity index (χ3n) is 4.82. The minimum atomic E-state index is -4.13. The molecule has 0 fully saturated rings. The maximum absolute atomic E-state index is 13.1. The van der Waals surface area contributed by atoms with Crippen LogP contribution in [-0.2, 0) is 21.4 Å². The number of urea groups is 1. The Morgan fingerprint density at radius 3 is 2.45 bits per heavy atom. The van der Waals surface area contributed by atoms with Crippen molar-refractivity contribution in [2.45, 2.75) is 18.4 Å². The molecule has 0 spiro atoms. The minimum absolute atomic E-state index is 0.0860. The molecule has 174 valence electrons. The van der Waals surface area contributed by atoms with Crippen molar-refractivity contribution in [3.05, 3.63) is 89.7 Å². The molecule has 33 heavy (non-hydrogen) atoms. The van der Waals surface area contributed by atoms with E-state index >= 15 is 0 Å². The van der Waals surface area contributed by atoms with Crippen LogP contribution in [0.25, 0.3) is 0 Å². The van der Waals surface area contributed by atoms with E-state index in [0.29, 0.717) is 24.4 Å². The maximum atomic E-state index is 13.1. The molecule has 0 radical (unpaired) electrons. The van der Waals surface area contributed by atoms with E-state index in [4.69, 9.17) is 8.92 Å². The number of methoxy groups -OCH3 is 1. The summed E-state index contributed by atoms with van der Waals surface area (Å²) in [6.45, 7) is 2.76. The fraction of sp³-hybridized carbons (Fsp3) is 0.208. The van der Waals surface area contributed by atoms with Crippen LogP contribution in [0, 0.1) is 12.7 Å². The molecule has 0 unspecified atom stereocenters. The average molecular weight is 473 g/mol. The van der Waals surface area contributed by atoms with Crippen molar-refractivity contribution in [3.63, 3.8) is 0 Å². The number of benzene rings is 3. The van der Waals surface area contributed by atoms with Crippen LogP contribution in [0.3, 0.4) is 0 Å². The van der Waals surface area contributed by atoms with Gasteiger partial charge in [0.15, 0.2) is 0 Å². The molecule has 0 saturated heterocycles. The molecular weight excluding hydrogens is 447 g/mol. The normalized spacial score (nSPS) is 11.1. The summed E-state index contributed by atoms with van der Waals surface area (Å²) in [5.41, 5.74) is 2.30. The van der Waals surface area contributed by atoms with E-state index in [2.05, 4.69) is 5.32 Å². The lowest BCUT2D eigenvalue weighted by Gasteiger charge is -2.23. The molecule has 3 rings (SSSR count). The van der Waals surface area contributed by atoms with Gasteiger partial charge in [-0.15, -0.1) is 0 Å². The van der Waals surface area contributed by atoms with Gasteiger partial charge in [0.1, 0.15) is 16.5 Å². The minimum Gasteiger partial charge on any atom is -0.383 e. The first-order chi connectivity index (χ1) is 15.8. The van der Waals surface area contributed by atoms with Crippen LogP contribution in [0.15, 0.2) is 77.7 Å². The van der Waals surface area contributed by atoms with Crippen LogP contribution in [0.2, 0.25) is 0 Å². The largest absolute Gasteiger partial charge is 0.383 e. The standard InChI is InChI=1S/C24H25FN2O5S/c1-18-6-3-4-9-23(18)26-24(28)27(14-15-31-2)17-19-7-5-8-21(16-19)32-33(29,30)22-12-10-20(25)11-13-22/h3-13,16H,14-15,17H2,1-2H3,(H,26,28). The molecule has 0 aliphatic rings. The molecule has 2 amide bonds. The number of nitrogens with one attached hydrogen (secondary N) is 1. The van der Waals surface area contributed by atoms with Gasteiger partial charge in [-0.3, -0.25) is 0 Å². The van der Waals surface area contributed by atoms with Gasteiger partial charge in [0.2, 0.25) is 0 Å². The summed E-state index contributed by atoms with van der Waals surface area (Å²) in [6, 6.07) is 17.9. The number of halogens is 1. The average Bonchev–Trinajstić information content (AvgIpc) is 2.78. The number of hydrogen-bond donors (Lipinski definition) is 1. The van der Waals surface area contributed by atoms with Gasteiger partial charge >= 0.3 is 16.1 Å². The number of carbonyl (C=O) groups is 1. The second kappa shape index (κ2) is 10.9. The summed E-state index contributed by atoms with van der Waals surface area (Å²) in [5.74, 6) is -0.459. The lowest BCUT2D eigenvalue weighted by Crippen LogP contribution is -2.37. The highest BCUT2D eigenvalue weighted by Gasteiger charge is 2.18. The number of para-hydroxylation sites is 1. The molecule has 0 aliphatic heterocycles. The van der Waals surface area contributed by atoms with Gasteiger partial charge in [-0.1, -0.05) is 30.3 Å². The first kappa shape index (κ1) is 24.2. The SMILES string of the molecule is COCCN(Cc1cccc(OS(=O)(=O)c2ccc(F)cc2)c1)C(=O)Nc1ccccc1C. The molecule has 0 aliphatic carbocycles. The molecule has 9 heteroatoms. The number of anilines is 1. The van der Waals surface area contributed by atoms with Crippen molar-refractivity contribution < 1.29 is 26.5 Å². The molecule has 0 aromatic heterocycles. The monoisotopic (exact) mass is 472 g/mol. The Hall–Kier alpha value is -3.43. The van der Waals surface area contributed by atoms with Crippen molar-refractivity contribution in [1.29, 1.82) is 0 Å². The van der Waals surface area contributed by atoms with Gasteiger partial charge in [0.05, 0.1) is 6.61 Å². The van der Waals surface area contributed by atoms with Gasteiger partial charge in [-0.25, -0.2) is 9.18 Å². The summed E-state index contributed by atoms with van der Waals surface area (Å²) in [5, 5.41) is 2.89. The number of ether oxygens (including phenoxy) is 1. The van der Waals surface area contributed by atoms with Crippen LogP contribution < -0.4 is 9.50 Å². The first-order valence-corrected chi connectivity index (χ1v) is 11.6. The highest BCUT2D eigenvalue weighted by atomic mass is 32.2. The first-order valence-electron chi connectivity index (χ1n) is 10.2. The van der Waals surface area contributed by atoms with Crippen molar-refractivity contribution in [2.75, 3.05) is 25.6 Å². The van der Waals surface area contributed by atoms with E-state index < -0.39 is 15.9 Å². The van der Waals surface area contributed by atoms with E-state index in [1.807, 2.05) is 31.2 Å². The van der Waals surface area contributed by atoms with Crippen LogP contribution in [0.4, 0.5) is 14.9 Å². The zero-order chi connectivity index (χ0) is 23.8. The fourth-order valence-corrected chi connectivity index (χ4v) is 3.98. The summed E-state index contributed by atoms with van der Waals surface area (Å²) in [7, 11) is -2.58. The smallest absolute Gasteiger partial charge is 0.339 e. The Bertz CT molecular complexity index is 1200. The number of aryl methyl sites for hydroxylation is 1. The Labute approximate surface area is 192 Å². The molecule has 0 heterocycles. The lowest BCUT2D eigenvalue weighted by atomic mass is 10.2. The zero-order valence-corrected chi connectivity index (χ0v) is 19.1. The van der Waals surface area contributed by atoms with Crippen LogP contribution in [0.5, 0.6) is 5.75 Å². The highest BCUT2D eigenvalue weighted by Crippen LogP contribution is 2.21. The fourth-order valence-electron chi connectivity index (χ4n) is 3.05. The van der Waals surface area contributed by atoms with Crippen LogP contribution in [-0.4, -0.2) is 39.6 Å². The van der Waals surface area contributed by atoms with Gasteiger partial charge < -0.3 is 19.1 Å². The number of nitrogens with zero attached hydrogens (tertiary/aromatic N) is 1. The predicted octanol–water partition coefficient (Wildman–Crippen LogP) is 4.58. The number of carbonyl (C=O) groups excluding carboxylic acids is 1. The van der Waals surface area contributed by atoms with E-state index in [-0.39, 0.29) is 23.2 Å². The van der Waals surface area contributed by atoms with E-state index in [1.54, 1.807) is 30.2 Å². The van der Waals surface area contributed by atoms with Crippen molar-refractivity contribution >= 4 is 21.8 Å². The van der Waals surface area contributed by atoms with Crippen molar-refractivity contribution in [2.24, 2.45) is 0 Å². The summed E-state index contributed by atoms with van der Waals surface area (Å²) in [4.78, 5) is 14.3. The second-order valence-electron chi connectivity index (χ2n) is 7.30. The zero-order valence-electron chi connectivity index (χ0n) is 18.3. The van der Waals surface area contributed by atoms with Crippen molar-refractivity contribution in [1.82, 2.24) is 4.90 Å². The lowest BCUT2D eigenvalue weighted by molar-refractivity contribution is 0.153. The Morgan fingerprint density at radius 2 is 1.76 bits per heavy atom. The molecule has 7 nitrogen and oxygen atoms in total. The van der Waals surface area contributed by atoms with Gasteiger partial charge in [-0.2, -0.15) is 8.42 Å². The maximum Gasteiger partial charge on any atom is 0.339 e. The molecule has 0 saturated carbocycles. The van der Waals surface area contributed by atoms with Crippen LogP contribution >= 0.6 is 0 Å². The molecule has 0 atom stereocenters. The molecule has 0 bridgehead atoms. The predicted molar refractivity (Wildman–Crippen MR) is 123 cm³/mol. The van der Waals surface area contributed by atoms with E-state index in [1.165, 1.54) is 6.07 Å². The van der Waals surface area contributed by atoms with Crippen LogP contribution in [0.1, 0.15) is 11.1 Å². The van der Waals surface area contributed by atoms with Gasteiger partial charge in [-0.05, 0) is 60.5 Å². The third-order valence-corrected chi connectivity index (χ3v) is 6.08. The second-order valence-corrected chi connectivity index (χ2v) is 8.84. The Morgan fingerprint density at radius 1 is 1.03 bits per heavy atom. The van der Waals surface area contributed by atoms with Gasteiger partial charge in [0, 0.05) is 25.9 Å². The molecular formula is C24H25FN2O5S. The molecule has 3 aromatic rings. The molecule has 3 aromatic carbocycles. The summed E-state index contributed by atoms with van der Waals surface area (Å²) in [6.07, 6.45) is 0. The number of amides is 2. The van der Waals surface area contributed by atoms with E-state index in [9.17, 15) is 17.6 Å². The van der Waals surface area contributed by atoms with Gasteiger partial charge in [0.25, 0.3) is 0 Å². The topological polar surface area (TPSA) is 84.9 Å². The number of hydrogen-bond acceptors (Lipinski definition) is 5. The quantitative estimate of drug-likeness (QED) is 0.461. The van der Waals surface area contributed by atoms with E-state index in [0.717, 1.165) is 29.8 Å². The Kier molecular flexibility index (Phi) is 8.02.